The number of carbonyl (C=O) groups excluding carboxylic acids is 3. The van der Waals surface area contributed by atoms with Crippen molar-refractivity contribution in [2.45, 2.75) is 37.5 Å². The molecule has 2 amide bonds. The minimum absolute atomic E-state index is 0.0000599. The van der Waals surface area contributed by atoms with E-state index in [9.17, 15) is 27.6 Å². The topological polar surface area (TPSA) is 154 Å². The second kappa shape index (κ2) is 11.0. The summed E-state index contributed by atoms with van der Waals surface area (Å²) in [6.45, 7) is 0.983. The van der Waals surface area contributed by atoms with Gasteiger partial charge in [0.05, 0.1) is 6.42 Å². The first kappa shape index (κ1) is 26.6. The number of aldehydes is 1. The number of amides is 2. The second-order valence-corrected chi connectivity index (χ2v) is 7.94. The highest BCUT2D eigenvalue weighted by atomic mass is 19.4. The van der Waals surface area contributed by atoms with E-state index in [4.69, 9.17) is 25.8 Å². The van der Waals surface area contributed by atoms with Crippen molar-refractivity contribution in [3.05, 3.63) is 35.4 Å². The molecule has 0 atom stereocenters. The summed E-state index contributed by atoms with van der Waals surface area (Å²) in [7, 11) is 0. The number of halogens is 3. The lowest BCUT2D eigenvalue weighted by Gasteiger charge is -2.45. The number of benzene rings is 1. The number of amidine groups is 1. The Morgan fingerprint density at radius 3 is 2.12 bits per heavy atom. The summed E-state index contributed by atoms with van der Waals surface area (Å²) < 4.78 is 36.8. The number of nitrogens with two attached hydrogens (primary N) is 1. The predicted molar refractivity (Wildman–Crippen MR) is 112 cm³/mol. The highest BCUT2D eigenvalue weighted by Gasteiger charge is 2.43. The summed E-state index contributed by atoms with van der Waals surface area (Å²) in [5.41, 5.74) is 6.30. The van der Waals surface area contributed by atoms with Crippen molar-refractivity contribution in [1.29, 1.82) is 5.41 Å². The number of ether oxygens (including phenoxy) is 1. The number of rotatable bonds is 5. The van der Waals surface area contributed by atoms with Crippen LogP contribution in [0.3, 0.4) is 0 Å². The van der Waals surface area contributed by atoms with Crippen molar-refractivity contribution in [2.24, 2.45) is 5.73 Å². The predicted octanol–water partition coefficient (Wildman–Crippen LogP) is 1.55. The molecule has 2 heterocycles. The first-order chi connectivity index (χ1) is 15.8. The van der Waals surface area contributed by atoms with Crippen LogP contribution in [0.2, 0.25) is 0 Å². The number of piperidine rings is 1. The molecule has 0 radical (unpaired) electrons. The normalized spacial score (nSPS) is 17.3. The number of likely N-dealkylation sites (tertiary alicyclic amines) is 1. The number of nitrogens with one attached hydrogen (secondary N) is 1. The van der Waals surface area contributed by atoms with E-state index in [-0.39, 0.29) is 24.7 Å². The molecule has 2 fully saturated rings. The van der Waals surface area contributed by atoms with E-state index in [2.05, 4.69) is 0 Å². The Labute approximate surface area is 192 Å². The molecule has 1 spiro atoms. The largest absolute Gasteiger partial charge is 0.480 e. The first-order valence-corrected chi connectivity index (χ1v) is 10.3. The summed E-state index contributed by atoms with van der Waals surface area (Å²) in [6.07, 6.45) is -4.37. The molecule has 1 aromatic rings. The SMILES string of the molecule is N=C(N)c1ccc(CC(=O)N2CCC3(CC2)CCN(CC(=O)O)C(=O)O3)cc1.O=CC(F)(F)F. The molecular weight excluding hydrogens is 461 g/mol. The van der Waals surface area contributed by atoms with Gasteiger partial charge >= 0.3 is 18.2 Å². The number of aliphatic carboxylic acids is 1. The molecule has 1 aromatic carbocycles. The van der Waals surface area contributed by atoms with E-state index in [0.717, 1.165) is 5.56 Å². The summed E-state index contributed by atoms with van der Waals surface area (Å²) >= 11 is 0. The maximum atomic E-state index is 12.6. The molecule has 0 aromatic heterocycles. The maximum absolute atomic E-state index is 12.6. The molecule has 2 saturated heterocycles. The van der Waals surface area contributed by atoms with E-state index in [1.54, 1.807) is 29.2 Å². The Morgan fingerprint density at radius 1 is 1.15 bits per heavy atom. The van der Waals surface area contributed by atoms with Crippen molar-refractivity contribution < 1.29 is 42.2 Å². The zero-order chi connectivity index (χ0) is 25.5. The number of carboxylic acids is 1. The van der Waals surface area contributed by atoms with Gasteiger partial charge in [0.1, 0.15) is 18.0 Å². The number of carboxylic acid groups (broad SMARTS) is 1. The van der Waals surface area contributed by atoms with Crippen LogP contribution in [0.25, 0.3) is 0 Å². The van der Waals surface area contributed by atoms with Crippen LogP contribution in [0.5, 0.6) is 0 Å². The average Bonchev–Trinajstić information content (AvgIpc) is 2.76. The van der Waals surface area contributed by atoms with Crippen LogP contribution >= 0.6 is 0 Å². The molecule has 0 aliphatic carbocycles. The lowest BCUT2D eigenvalue weighted by Crippen LogP contribution is -2.56. The van der Waals surface area contributed by atoms with Gasteiger partial charge in [-0.1, -0.05) is 24.3 Å². The molecular formula is C21H25F3N4O6. The number of hydrogen-bond acceptors (Lipinski definition) is 6. The van der Waals surface area contributed by atoms with Gasteiger partial charge in [-0.25, -0.2) is 4.79 Å². The van der Waals surface area contributed by atoms with Gasteiger partial charge in [0.2, 0.25) is 12.2 Å². The lowest BCUT2D eigenvalue weighted by atomic mass is 9.86. The van der Waals surface area contributed by atoms with E-state index < -0.39 is 30.1 Å². The molecule has 34 heavy (non-hydrogen) atoms. The molecule has 2 aliphatic heterocycles. The van der Waals surface area contributed by atoms with Crippen LogP contribution in [-0.4, -0.2) is 83.0 Å². The van der Waals surface area contributed by atoms with Gasteiger partial charge in [-0.05, 0) is 5.56 Å². The lowest BCUT2D eigenvalue weighted by molar-refractivity contribution is -0.156. The maximum Gasteiger partial charge on any atom is 0.446 e. The van der Waals surface area contributed by atoms with Crippen LogP contribution in [0.1, 0.15) is 30.4 Å². The molecule has 0 unspecified atom stereocenters. The molecule has 10 nitrogen and oxygen atoms in total. The van der Waals surface area contributed by atoms with Gasteiger partial charge in [0.25, 0.3) is 0 Å². The standard InChI is InChI=1S/C19H24N4O5.C2HF3O/c20-17(21)14-3-1-13(2-4-14)11-15(24)22-8-5-19(6-9-22)7-10-23(12-16(25)26)18(27)28-19;3-2(4,5)1-6/h1-4H,5-12H2,(H3,20,21)(H,25,26);1H. The monoisotopic (exact) mass is 486 g/mol. The zero-order valence-electron chi connectivity index (χ0n) is 18.1. The third kappa shape index (κ3) is 7.74. The van der Waals surface area contributed by atoms with Gasteiger partial charge in [-0.2, -0.15) is 13.2 Å². The minimum atomic E-state index is -4.64. The minimum Gasteiger partial charge on any atom is -0.480 e. The fourth-order valence-electron chi connectivity index (χ4n) is 3.64. The third-order valence-electron chi connectivity index (χ3n) is 5.51. The number of nitrogen functional groups attached to an aromatic ring is 1. The van der Waals surface area contributed by atoms with Crippen molar-refractivity contribution in [2.75, 3.05) is 26.2 Å². The summed E-state index contributed by atoms with van der Waals surface area (Å²) in [5.74, 6) is -1.08. The molecule has 2 aliphatic rings. The van der Waals surface area contributed by atoms with Crippen molar-refractivity contribution in [1.82, 2.24) is 9.80 Å². The van der Waals surface area contributed by atoms with Crippen molar-refractivity contribution in [3.63, 3.8) is 0 Å². The Hall–Kier alpha value is -3.64. The molecule has 0 saturated carbocycles. The van der Waals surface area contributed by atoms with Crippen LogP contribution in [-0.2, 0) is 25.5 Å². The van der Waals surface area contributed by atoms with Gasteiger partial charge in [0, 0.05) is 44.5 Å². The van der Waals surface area contributed by atoms with Crippen molar-refractivity contribution >= 4 is 30.1 Å². The first-order valence-electron chi connectivity index (χ1n) is 10.3. The number of alkyl halides is 3. The molecule has 3 rings (SSSR count). The Bertz CT molecular complexity index is 927. The van der Waals surface area contributed by atoms with Crippen LogP contribution < -0.4 is 5.73 Å². The molecule has 4 N–H and O–H groups in total. The number of carbonyl (C=O) groups is 4. The van der Waals surface area contributed by atoms with Crippen LogP contribution in [0.15, 0.2) is 24.3 Å². The van der Waals surface area contributed by atoms with E-state index in [1.807, 2.05) is 0 Å². The zero-order valence-corrected chi connectivity index (χ0v) is 18.1. The quantitative estimate of drug-likeness (QED) is 0.324. The smallest absolute Gasteiger partial charge is 0.446 e. The van der Waals surface area contributed by atoms with Crippen LogP contribution in [0, 0.1) is 5.41 Å². The highest BCUT2D eigenvalue weighted by molar-refractivity contribution is 5.95. The van der Waals surface area contributed by atoms with Crippen molar-refractivity contribution in [3.8, 4) is 0 Å². The highest BCUT2D eigenvalue weighted by Crippen LogP contribution is 2.34. The van der Waals surface area contributed by atoms with Gasteiger partial charge in [0.15, 0.2) is 0 Å². The summed E-state index contributed by atoms with van der Waals surface area (Å²) in [5, 5.41) is 16.2. The Morgan fingerprint density at radius 2 is 1.68 bits per heavy atom. The van der Waals surface area contributed by atoms with Gasteiger partial charge < -0.3 is 20.5 Å². The summed E-state index contributed by atoms with van der Waals surface area (Å²) in [4.78, 5) is 47.1. The fraction of sp³-hybridized carbons (Fsp3) is 0.476. The number of nitrogens with zero attached hydrogens (tertiary/aromatic N) is 2. The number of hydrogen-bond donors (Lipinski definition) is 3. The third-order valence-corrected chi connectivity index (χ3v) is 5.51. The second-order valence-electron chi connectivity index (χ2n) is 7.94. The van der Waals surface area contributed by atoms with Crippen LogP contribution in [0.4, 0.5) is 18.0 Å². The van der Waals surface area contributed by atoms with E-state index >= 15 is 0 Å². The Kier molecular flexibility index (Phi) is 8.60. The molecule has 0 bridgehead atoms. The van der Waals surface area contributed by atoms with E-state index in [0.29, 0.717) is 44.5 Å². The average molecular weight is 486 g/mol. The van der Waals surface area contributed by atoms with Gasteiger partial charge in [-0.15, -0.1) is 0 Å². The molecule has 13 heteroatoms. The van der Waals surface area contributed by atoms with Gasteiger partial charge in [-0.3, -0.25) is 24.7 Å². The fourth-order valence-corrected chi connectivity index (χ4v) is 3.64. The Balaban J connectivity index is 0.000000604. The molecule has 186 valence electrons. The summed E-state index contributed by atoms with van der Waals surface area (Å²) in [6, 6.07) is 7.03. The van der Waals surface area contributed by atoms with E-state index in [1.165, 1.54) is 4.90 Å².